The van der Waals surface area contributed by atoms with E-state index in [1.165, 1.54) is 18.9 Å². The molecule has 6 nitrogen and oxygen atoms in total. The summed E-state index contributed by atoms with van der Waals surface area (Å²) in [6.07, 6.45) is -4.21. The molecular formula is C18H27F3N4O2. The molecule has 0 spiro atoms. The van der Waals surface area contributed by atoms with Crippen LogP contribution in [0.1, 0.15) is 19.4 Å². The third-order valence-corrected chi connectivity index (χ3v) is 4.62. The summed E-state index contributed by atoms with van der Waals surface area (Å²) >= 11 is 0. The molecule has 0 aliphatic carbocycles. The third-order valence-electron chi connectivity index (χ3n) is 4.62. The lowest BCUT2D eigenvalue weighted by Gasteiger charge is -2.39. The van der Waals surface area contributed by atoms with Crippen LogP contribution in [0.5, 0.6) is 11.5 Å². The number of rotatable bonds is 5. The van der Waals surface area contributed by atoms with Crippen LogP contribution in [0.15, 0.2) is 23.2 Å². The lowest BCUT2D eigenvalue weighted by molar-refractivity contribution is -0.181. The maximum Gasteiger partial charge on any atom is 0.403 e. The molecule has 1 aliphatic heterocycles. The summed E-state index contributed by atoms with van der Waals surface area (Å²) in [5.41, 5.74) is 0.813. The predicted octanol–water partition coefficient (Wildman–Crippen LogP) is 2.43. The number of methoxy groups -OCH3 is 1. The molecule has 2 rings (SSSR count). The molecule has 1 fully saturated rings. The monoisotopic (exact) mass is 388 g/mol. The van der Waals surface area contributed by atoms with Crippen LogP contribution in [0.4, 0.5) is 13.2 Å². The van der Waals surface area contributed by atoms with Crippen LogP contribution in [0.25, 0.3) is 0 Å². The molecule has 2 N–H and O–H groups in total. The number of benzene rings is 1. The van der Waals surface area contributed by atoms with E-state index in [-0.39, 0.29) is 5.75 Å². The van der Waals surface area contributed by atoms with Gasteiger partial charge in [0.2, 0.25) is 0 Å². The molecule has 0 aromatic heterocycles. The number of guanidine groups is 1. The van der Waals surface area contributed by atoms with Crippen LogP contribution in [0.3, 0.4) is 0 Å². The number of ether oxygens (including phenoxy) is 1. The quantitative estimate of drug-likeness (QED) is 0.599. The first kappa shape index (κ1) is 21.1. The number of phenolic OH excluding ortho intramolecular Hbond substituents is 1. The fraction of sp³-hybridized carbons (Fsp3) is 0.611. The highest BCUT2D eigenvalue weighted by atomic mass is 19.4. The first-order chi connectivity index (χ1) is 12.8. The summed E-state index contributed by atoms with van der Waals surface area (Å²) < 4.78 is 43.7. The Hall–Kier alpha value is -2.16. The summed E-state index contributed by atoms with van der Waals surface area (Å²) in [4.78, 5) is 7.97. The van der Waals surface area contributed by atoms with Crippen LogP contribution in [-0.4, -0.2) is 72.9 Å². The molecule has 0 amide bonds. The Morgan fingerprint density at radius 1 is 1.30 bits per heavy atom. The smallest absolute Gasteiger partial charge is 0.403 e. The van der Waals surface area contributed by atoms with Gasteiger partial charge in [0, 0.05) is 32.7 Å². The number of phenols is 1. The number of aliphatic imine (C=N–C) groups is 1. The standard InChI is InChI=1S/C18H27F3N4O2/c1-4-22-17(23-12-14-5-6-16(27-3)15(26)11-14)25-9-7-24(8-10-25)13(2)18(19,20)21/h5-6,11,13,26H,4,7-10,12H2,1-3H3,(H,22,23). The van der Waals surface area contributed by atoms with Gasteiger partial charge in [-0.05, 0) is 31.5 Å². The second kappa shape index (κ2) is 9.16. The lowest BCUT2D eigenvalue weighted by atomic mass is 10.2. The zero-order valence-corrected chi connectivity index (χ0v) is 15.9. The van der Waals surface area contributed by atoms with Gasteiger partial charge in [0.1, 0.15) is 6.04 Å². The summed E-state index contributed by atoms with van der Waals surface area (Å²) in [5.74, 6) is 1.10. The molecule has 1 unspecified atom stereocenters. The van der Waals surface area contributed by atoms with E-state index in [9.17, 15) is 18.3 Å². The number of alkyl halides is 3. The van der Waals surface area contributed by atoms with Gasteiger partial charge in [0.25, 0.3) is 0 Å². The Labute approximate surface area is 157 Å². The van der Waals surface area contributed by atoms with Crippen LogP contribution < -0.4 is 10.1 Å². The van der Waals surface area contributed by atoms with Crippen LogP contribution in [-0.2, 0) is 6.54 Å². The molecule has 1 aromatic rings. The van der Waals surface area contributed by atoms with E-state index in [1.807, 2.05) is 17.9 Å². The minimum absolute atomic E-state index is 0.0463. The van der Waals surface area contributed by atoms with Crippen LogP contribution >= 0.6 is 0 Å². The Bertz CT molecular complexity index is 644. The van der Waals surface area contributed by atoms with Gasteiger partial charge < -0.3 is 20.1 Å². The topological polar surface area (TPSA) is 60.3 Å². The van der Waals surface area contributed by atoms with Crippen LogP contribution in [0, 0.1) is 0 Å². The van der Waals surface area contributed by atoms with Crippen molar-refractivity contribution in [3.8, 4) is 11.5 Å². The van der Waals surface area contributed by atoms with Gasteiger partial charge in [0.15, 0.2) is 17.5 Å². The molecule has 0 saturated carbocycles. The zero-order chi connectivity index (χ0) is 20.0. The number of hydrogen-bond donors (Lipinski definition) is 2. The maximum atomic E-state index is 12.9. The van der Waals surface area contributed by atoms with Gasteiger partial charge in [-0.15, -0.1) is 0 Å². The van der Waals surface area contributed by atoms with E-state index in [2.05, 4.69) is 10.3 Å². The van der Waals surface area contributed by atoms with E-state index in [1.54, 1.807) is 12.1 Å². The average Bonchev–Trinajstić information content (AvgIpc) is 2.64. The van der Waals surface area contributed by atoms with Gasteiger partial charge in [-0.1, -0.05) is 6.07 Å². The second-order valence-corrected chi connectivity index (χ2v) is 6.42. The van der Waals surface area contributed by atoms with Gasteiger partial charge >= 0.3 is 6.18 Å². The van der Waals surface area contributed by atoms with Crippen molar-refractivity contribution in [1.82, 2.24) is 15.1 Å². The highest BCUT2D eigenvalue weighted by molar-refractivity contribution is 5.80. The minimum Gasteiger partial charge on any atom is -0.504 e. The fourth-order valence-electron chi connectivity index (χ4n) is 2.95. The zero-order valence-electron chi connectivity index (χ0n) is 15.9. The number of halogens is 3. The maximum absolute atomic E-state index is 12.9. The fourth-order valence-corrected chi connectivity index (χ4v) is 2.95. The van der Waals surface area contributed by atoms with Crippen molar-refractivity contribution in [3.63, 3.8) is 0 Å². The Kier molecular flexibility index (Phi) is 7.18. The number of nitrogens with one attached hydrogen (secondary N) is 1. The van der Waals surface area contributed by atoms with Crippen molar-refractivity contribution in [2.24, 2.45) is 4.99 Å². The predicted molar refractivity (Wildman–Crippen MR) is 98.1 cm³/mol. The van der Waals surface area contributed by atoms with Crippen molar-refractivity contribution in [2.45, 2.75) is 32.6 Å². The Morgan fingerprint density at radius 2 is 1.96 bits per heavy atom. The van der Waals surface area contributed by atoms with Crippen molar-refractivity contribution in [3.05, 3.63) is 23.8 Å². The largest absolute Gasteiger partial charge is 0.504 e. The lowest BCUT2D eigenvalue weighted by Crippen LogP contribution is -2.56. The first-order valence-corrected chi connectivity index (χ1v) is 8.96. The van der Waals surface area contributed by atoms with Gasteiger partial charge in [-0.25, -0.2) is 4.99 Å². The molecule has 9 heteroatoms. The summed E-state index contributed by atoms with van der Waals surface area (Å²) in [7, 11) is 1.48. The molecule has 0 radical (unpaired) electrons. The van der Waals surface area contributed by atoms with E-state index in [4.69, 9.17) is 4.74 Å². The van der Waals surface area contributed by atoms with Crippen molar-refractivity contribution in [1.29, 1.82) is 0 Å². The van der Waals surface area contributed by atoms with Gasteiger partial charge in [-0.3, -0.25) is 4.90 Å². The van der Waals surface area contributed by atoms with Crippen molar-refractivity contribution < 1.29 is 23.0 Å². The highest BCUT2D eigenvalue weighted by Gasteiger charge is 2.41. The molecule has 1 heterocycles. The molecule has 27 heavy (non-hydrogen) atoms. The van der Waals surface area contributed by atoms with Crippen molar-refractivity contribution in [2.75, 3.05) is 39.8 Å². The van der Waals surface area contributed by atoms with Crippen molar-refractivity contribution >= 4 is 5.96 Å². The highest BCUT2D eigenvalue weighted by Crippen LogP contribution is 2.27. The molecular weight excluding hydrogens is 361 g/mol. The van der Waals surface area contributed by atoms with Gasteiger partial charge in [-0.2, -0.15) is 13.2 Å². The van der Waals surface area contributed by atoms with E-state index in [0.717, 1.165) is 5.56 Å². The first-order valence-electron chi connectivity index (χ1n) is 8.96. The van der Waals surface area contributed by atoms with E-state index < -0.39 is 12.2 Å². The normalized spacial score (nSPS) is 17.7. The summed E-state index contributed by atoms with van der Waals surface area (Å²) in [5, 5.41) is 13.0. The Balaban J connectivity index is 2.01. The number of hydrogen-bond acceptors (Lipinski definition) is 4. The summed E-state index contributed by atoms with van der Waals surface area (Å²) in [6, 6.07) is 3.63. The SMILES string of the molecule is CCNC(=NCc1ccc(OC)c(O)c1)N1CCN(C(C)C(F)(F)F)CC1. The molecule has 1 saturated heterocycles. The van der Waals surface area contributed by atoms with E-state index >= 15 is 0 Å². The molecule has 1 aliphatic rings. The average molecular weight is 388 g/mol. The third kappa shape index (κ3) is 5.66. The summed E-state index contributed by atoms with van der Waals surface area (Å²) in [6.45, 7) is 5.75. The minimum atomic E-state index is -4.21. The molecule has 1 atom stereocenters. The number of aromatic hydroxyl groups is 1. The van der Waals surface area contributed by atoms with Crippen LogP contribution in [0.2, 0.25) is 0 Å². The number of nitrogens with zero attached hydrogens (tertiary/aromatic N) is 3. The van der Waals surface area contributed by atoms with E-state index in [0.29, 0.717) is 51.0 Å². The molecule has 1 aromatic carbocycles. The molecule has 0 bridgehead atoms. The van der Waals surface area contributed by atoms with Gasteiger partial charge in [0.05, 0.1) is 13.7 Å². The Morgan fingerprint density at radius 3 is 2.48 bits per heavy atom. The molecule has 152 valence electrons. The number of piperazine rings is 1. The second-order valence-electron chi connectivity index (χ2n) is 6.42.